The van der Waals surface area contributed by atoms with Crippen LogP contribution in [0.4, 0.5) is 5.82 Å². The molecule has 90 valence electrons. The molecule has 0 radical (unpaired) electrons. The van der Waals surface area contributed by atoms with Crippen LogP contribution in [0.5, 0.6) is 6.01 Å². The Morgan fingerprint density at radius 3 is 2.88 bits per heavy atom. The molecular formula is C10H11ClN4OS. The Balaban J connectivity index is 2.07. The Morgan fingerprint density at radius 2 is 2.24 bits per heavy atom. The van der Waals surface area contributed by atoms with Crippen LogP contribution in [0.25, 0.3) is 0 Å². The van der Waals surface area contributed by atoms with Crippen molar-refractivity contribution in [3.8, 4) is 6.01 Å². The largest absolute Gasteiger partial charge is 0.467 e. The smallest absolute Gasteiger partial charge is 0.318 e. The van der Waals surface area contributed by atoms with Crippen LogP contribution in [0.1, 0.15) is 9.88 Å². The van der Waals surface area contributed by atoms with E-state index in [1.807, 2.05) is 13.1 Å². The lowest BCUT2D eigenvalue weighted by Gasteiger charge is -2.06. The fourth-order valence-electron chi connectivity index (χ4n) is 1.22. The molecule has 7 heteroatoms. The molecule has 5 nitrogen and oxygen atoms in total. The SMILES string of the molecule is COc1ncc(Cl)c(NCc2ncc(C)s2)n1. The number of hydrogen-bond donors (Lipinski definition) is 1. The van der Waals surface area contributed by atoms with Crippen LogP contribution >= 0.6 is 22.9 Å². The normalized spacial score (nSPS) is 10.3. The Kier molecular flexibility index (Phi) is 3.75. The van der Waals surface area contributed by atoms with Gasteiger partial charge in [0.1, 0.15) is 10.0 Å². The van der Waals surface area contributed by atoms with E-state index in [9.17, 15) is 0 Å². The molecule has 0 amide bonds. The number of halogens is 1. The monoisotopic (exact) mass is 270 g/mol. The second kappa shape index (κ2) is 5.29. The lowest BCUT2D eigenvalue weighted by Crippen LogP contribution is -2.03. The number of ether oxygens (including phenoxy) is 1. The van der Waals surface area contributed by atoms with Gasteiger partial charge in [-0.3, -0.25) is 0 Å². The number of aryl methyl sites for hydroxylation is 1. The number of nitrogens with zero attached hydrogens (tertiary/aromatic N) is 3. The lowest BCUT2D eigenvalue weighted by atomic mass is 10.5. The Morgan fingerprint density at radius 1 is 1.41 bits per heavy atom. The summed E-state index contributed by atoms with van der Waals surface area (Å²) in [6.07, 6.45) is 3.34. The van der Waals surface area contributed by atoms with E-state index in [2.05, 4.69) is 20.3 Å². The van der Waals surface area contributed by atoms with E-state index in [1.165, 1.54) is 18.2 Å². The molecule has 2 rings (SSSR count). The molecular weight excluding hydrogens is 260 g/mol. The highest BCUT2D eigenvalue weighted by Crippen LogP contribution is 2.21. The predicted molar refractivity (Wildman–Crippen MR) is 67.8 cm³/mol. The first-order chi connectivity index (χ1) is 8.19. The van der Waals surface area contributed by atoms with Crippen LogP contribution in [0.15, 0.2) is 12.4 Å². The number of anilines is 1. The molecule has 0 aliphatic heterocycles. The van der Waals surface area contributed by atoms with E-state index < -0.39 is 0 Å². The zero-order valence-corrected chi connectivity index (χ0v) is 11.0. The van der Waals surface area contributed by atoms with Crippen molar-refractivity contribution in [1.82, 2.24) is 15.0 Å². The number of aromatic nitrogens is 3. The molecule has 2 heterocycles. The van der Waals surface area contributed by atoms with Crippen molar-refractivity contribution in [3.05, 3.63) is 27.3 Å². The van der Waals surface area contributed by atoms with Crippen molar-refractivity contribution in [2.45, 2.75) is 13.5 Å². The zero-order valence-electron chi connectivity index (χ0n) is 9.40. The van der Waals surface area contributed by atoms with Gasteiger partial charge in [0.2, 0.25) is 0 Å². The highest BCUT2D eigenvalue weighted by molar-refractivity contribution is 7.11. The third kappa shape index (κ3) is 3.04. The van der Waals surface area contributed by atoms with Gasteiger partial charge in [-0.25, -0.2) is 9.97 Å². The fourth-order valence-corrected chi connectivity index (χ4v) is 2.10. The molecule has 0 aliphatic rings. The first kappa shape index (κ1) is 12.1. The van der Waals surface area contributed by atoms with Gasteiger partial charge in [0, 0.05) is 11.1 Å². The summed E-state index contributed by atoms with van der Waals surface area (Å²) in [5, 5.41) is 4.54. The standard InChI is InChI=1S/C10H11ClN4OS/c1-6-3-12-8(17-6)5-13-9-7(11)4-14-10(15-9)16-2/h3-4H,5H2,1-2H3,(H,13,14,15). The molecule has 0 aliphatic carbocycles. The molecule has 0 bridgehead atoms. The van der Waals surface area contributed by atoms with Crippen LogP contribution < -0.4 is 10.1 Å². The quantitative estimate of drug-likeness (QED) is 0.925. The summed E-state index contributed by atoms with van der Waals surface area (Å²) >= 11 is 7.60. The molecule has 0 saturated heterocycles. The first-order valence-corrected chi connectivity index (χ1v) is 6.10. The van der Waals surface area contributed by atoms with Crippen molar-refractivity contribution in [2.24, 2.45) is 0 Å². The summed E-state index contributed by atoms with van der Waals surface area (Å²) in [5.41, 5.74) is 0. The molecule has 0 spiro atoms. The Hall–Kier alpha value is -1.40. The van der Waals surface area contributed by atoms with E-state index in [0.29, 0.717) is 17.4 Å². The van der Waals surface area contributed by atoms with Crippen LogP contribution in [-0.2, 0) is 6.54 Å². The second-order valence-corrected chi connectivity index (χ2v) is 5.00. The second-order valence-electron chi connectivity index (χ2n) is 3.27. The van der Waals surface area contributed by atoms with Gasteiger partial charge >= 0.3 is 6.01 Å². The van der Waals surface area contributed by atoms with Gasteiger partial charge in [0.05, 0.1) is 19.9 Å². The Bertz CT molecular complexity index is 517. The topological polar surface area (TPSA) is 59.9 Å². The minimum absolute atomic E-state index is 0.284. The van der Waals surface area contributed by atoms with Gasteiger partial charge in [-0.2, -0.15) is 4.98 Å². The van der Waals surface area contributed by atoms with Crippen molar-refractivity contribution in [2.75, 3.05) is 12.4 Å². The van der Waals surface area contributed by atoms with Gasteiger partial charge in [-0.15, -0.1) is 11.3 Å². The van der Waals surface area contributed by atoms with Gasteiger partial charge < -0.3 is 10.1 Å². The van der Waals surface area contributed by atoms with Crippen LogP contribution in [0, 0.1) is 6.92 Å². The maximum absolute atomic E-state index is 5.96. The summed E-state index contributed by atoms with van der Waals surface area (Å²) in [5.74, 6) is 0.548. The zero-order chi connectivity index (χ0) is 12.3. The molecule has 0 saturated carbocycles. The molecule has 0 fully saturated rings. The van der Waals surface area contributed by atoms with E-state index in [4.69, 9.17) is 16.3 Å². The molecule has 17 heavy (non-hydrogen) atoms. The maximum atomic E-state index is 5.96. The third-order valence-corrected chi connectivity index (χ3v) is 3.17. The lowest BCUT2D eigenvalue weighted by molar-refractivity contribution is 0.380. The van der Waals surface area contributed by atoms with Gasteiger partial charge in [0.15, 0.2) is 5.82 Å². The molecule has 0 unspecified atom stereocenters. The number of rotatable bonds is 4. The van der Waals surface area contributed by atoms with E-state index in [1.54, 1.807) is 11.3 Å². The third-order valence-electron chi connectivity index (χ3n) is 1.98. The fraction of sp³-hybridized carbons (Fsp3) is 0.300. The van der Waals surface area contributed by atoms with E-state index in [-0.39, 0.29) is 6.01 Å². The van der Waals surface area contributed by atoms with Crippen molar-refractivity contribution < 1.29 is 4.74 Å². The molecule has 1 N–H and O–H groups in total. The summed E-state index contributed by atoms with van der Waals surface area (Å²) in [4.78, 5) is 13.4. The minimum atomic E-state index is 0.284. The minimum Gasteiger partial charge on any atom is -0.467 e. The highest BCUT2D eigenvalue weighted by atomic mass is 35.5. The van der Waals surface area contributed by atoms with E-state index >= 15 is 0 Å². The number of nitrogens with one attached hydrogen (secondary N) is 1. The Labute approximate surface area is 108 Å². The predicted octanol–water partition coefficient (Wildman–Crippen LogP) is 2.52. The summed E-state index contributed by atoms with van der Waals surface area (Å²) < 4.78 is 4.93. The molecule has 0 aromatic carbocycles. The molecule has 2 aromatic rings. The summed E-state index contributed by atoms with van der Waals surface area (Å²) in [6, 6.07) is 0.284. The highest BCUT2D eigenvalue weighted by Gasteiger charge is 2.06. The van der Waals surface area contributed by atoms with Gasteiger partial charge in [-0.1, -0.05) is 11.6 Å². The van der Waals surface area contributed by atoms with Crippen LogP contribution in [-0.4, -0.2) is 22.1 Å². The first-order valence-electron chi connectivity index (χ1n) is 4.90. The van der Waals surface area contributed by atoms with E-state index in [0.717, 1.165) is 5.01 Å². The number of hydrogen-bond acceptors (Lipinski definition) is 6. The molecule has 2 aromatic heterocycles. The number of thiazole rings is 1. The average Bonchev–Trinajstić information content (AvgIpc) is 2.74. The van der Waals surface area contributed by atoms with Gasteiger partial charge in [-0.05, 0) is 6.92 Å². The summed E-state index contributed by atoms with van der Waals surface area (Å²) in [6.45, 7) is 2.60. The number of methoxy groups -OCH3 is 1. The van der Waals surface area contributed by atoms with Crippen molar-refractivity contribution >= 4 is 28.8 Å². The van der Waals surface area contributed by atoms with Crippen molar-refractivity contribution in [3.63, 3.8) is 0 Å². The molecule has 0 atom stereocenters. The van der Waals surface area contributed by atoms with Crippen LogP contribution in [0.3, 0.4) is 0 Å². The van der Waals surface area contributed by atoms with Crippen LogP contribution in [0.2, 0.25) is 5.02 Å². The summed E-state index contributed by atoms with van der Waals surface area (Å²) in [7, 11) is 1.51. The average molecular weight is 271 g/mol. The van der Waals surface area contributed by atoms with Crippen molar-refractivity contribution in [1.29, 1.82) is 0 Å². The maximum Gasteiger partial charge on any atom is 0.318 e. The van der Waals surface area contributed by atoms with Gasteiger partial charge in [0.25, 0.3) is 0 Å².